The molecule has 0 aromatic heterocycles. The first-order valence-corrected chi connectivity index (χ1v) is 6.29. The number of sulfonamides is 1. The molecule has 16 heavy (non-hydrogen) atoms. The zero-order valence-corrected chi connectivity index (χ0v) is 9.99. The van der Waals surface area contributed by atoms with Crippen LogP contribution in [0.2, 0.25) is 0 Å². The molecule has 0 aliphatic rings. The maximum Gasteiger partial charge on any atom is 0.321 e. The summed E-state index contributed by atoms with van der Waals surface area (Å²) in [5, 5.41) is 8.41. The minimum absolute atomic E-state index is 0.0222. The van der Waals surface area contributed by atoms with E-state index in [0.717, 1.165) is 4.31 Å². The van der Waals surface area contributed by atoms with Crippen LogP contribution < -0.4 is 0 Å². The van der Waals surface area contributed by atoms with E-state index in [1.165, 1.54) is 6.92 Å². The summed E-state index contributed by atoms with van der Waals surface area (Å²) in [6, 6.07) is 0. The lowest BCUT2D eigenvalue weighted by atomic mass is 10.6. The van der Waals surface area contributed by atoms with Gasteiger partial charge in [-0.2, -0.15) is 4.31 Å². The molecule has 7 nitrogen and oxygen atoms in total. The van der Waals surface area contributed by atoms with E-state index in [9.17, 15) is 18.0 Å². The first-order valence-electron chi connectivity index (χ1n) is 4.68. The van der Waals surface area contributed by atoms with Crippen LogP contribution in [0.4, 0.5) is 0 Å². The quantitative estimate of drug-likeness (QED) is 0.601. The maximum absolute atomic E-state index is 11.4. The van der Waals surface area contributed by atoms with Crippen molar-refractivity contribution in [1.82, 2.24) is 4.31 Å². The predicted octanol–water partition coefficient (Wildman–Crippen LogP) is -0.714. The minimum atomic E-state index is -3.95. The number of esters is 1. The van der Waals surface area contributed by atoms with Crippen LogP contribution in [0, 0.1) is 0 Å². The van der Waals surface area contributed by atoms with Crippen molar-refractivity contribution in [2.45, 2.75) is 13.8 Å². The van der Waals surface area contributed by atoms with E-state index in [1.54, 1.807) is 6.92 Å². The molecule has 94 valence electrons. The van der Waals surface area contributed by atoms with Gasteiger partial charge in [0.1, 0.15) is 6.54 Å². The van der Waals surface area contributed by atoms with E-state index in [-0.39, 0.29) is 13.2 Å². The number of nitrogens with zero attached hydrogens (tertiary/aromatic N) is 1. The summed E-state index contributed by atoms with van der Waals surface area (Å²) in [6.45, 7) is 2.82. The fourth-order valence-electron chi connectivity index (χ4n) is 1.00. The third kappa shape index (κ3) is 5.08. The topological polar surface area (TPSA) is 101 Å². The van der Waals surface area contributed by atoms with Crippen LogP contribution in [0.25, 0.3) is 0 Å². The van der Waals surface area contributed by atoms with Crippen LogP contribution in [0.15, 0.2) is 0 Å². The highest BCUT2D eigenvalue weighted by molar-refractivity contribution is 7.89. The largest absolute Gasteiger partial charge is 0.480 e. The van der Waals surface area contributed by atoms with Crippen molar-refractivity contribution < 1.29 is 27.9 Å². The van der Waals surface area contributed by atoms with Gasteiger partial charge in [0.25, 0.3) is 0 Å². The molecule has 0 aliphatic carbocycles. The summed E-state index contributed by atoms with van der Waals surface area (Å²) in [7, 11) is -3.95. The molecule has 0 radical (unpaired) electrons. The van der Waals surface area contributed by atoms with Gasteiger partial charge in [-0.1, -0.05) is 6.92 Å². The highest BCUT2D eigenvalue weighted by atomic mass is 32.2. The molecule has 0 rings (SSSR count). The van der Waals surface area contributed by atoms with Crippen molar-refractivity contribution in [3.63, 3.8) is 0 Å². The number of rotatable bonds is 7. The zero-order valence-electron chi connectivity index (χ0n) is 9.17. The summed E-state index contributed by atoms with van der Waals surface area (Å²) < 4.78 is 28.3. The number of aliphatic carboxylic acids is 1. The van der Waals surface area contributed by atoms with E-state index < -0.39 is 34.3 Å². The number of hydrogen-bond donors (Lipinski definition) is 1. The van der Waals surface area contributed by atoms with Crippen LogP contribution in [0.5, 0.6) is 0 Å². The molecule has 0 spiro atoms. The number of ether oxygens (including phenoxy) is 1. The van der Waals surface area contributed by atoms with Crippen LogP contribution in [-0.4, -0.2) is 55.2 Å². The first kappa shape index (κ1) is 14.8. The Morgan fingerprint density at radius 3 is 2.25 bits per heavy atom. The van der Waals surface area contributed by atoms with Crippen LogP contribution in [0.1, 0.15) is 13.8 Å². The van der Waals surface area contributed by atoms with Gasteiger partial charge in [-0.3, -0.25) is 9.59 Å². The zero-order chi connectivity index (χ0) is 12.8. The second-order valence-electron chi connectivity index (χ2n) is 2.88. The molecule has 0 saturated carbocycles. The molecule has 0 unspecified atom stereocenters. The van der Waals surface area contributed by atoms with E-state index in [4.69, 9.17) is 5.11 Å². The van der Waals surface area contributed by atoms with Crippen molar-refractivity contribution >= 4 is 22.0 Å². The summed E-state index contributed by atoms with van der Waals surface area (Å²) in [6.07, 6.45) is 0. The molecule has 0 aromatic carbocycles. The summed E-state index contributed by atoms with van der Waals surface area (Å²) in [5.41, 5.74) is 0. The Kier molecular flexibility index (Phi) is 5.97. The Morgan fingerprint density at radius 2 is 1.88 bits per heavy atom. The summed E-state index contributed by atoms with van der Waals surface area (Å²) in [5.74, 6) is -3.18. The van der Waals surface area contributed by atoms with Crippen molar-refractivity contribution in [1.29, 1.82) is 0 Å². The molecular formula is C8H15NO6S. The van der Waals surface area contributed by atoms with Crippen molar-refractivity contribution in [3.05, 3.63) is 0 Å². The molecule has 0 bridgehead atoms. The van der Waals surface area contributed by atoms with Crippen LogP contribution >= 0.6 is 0 Å². The number of carbonyl (C=O) groups is 2. The van der Waals surface area contributed by atoms with Crippen LogP contribution in [-0.2, 0) is 24.3 Å². The average molecular weight is 253 g/mol. The lowest BCUT2D eigenvalue weighted by Crippen LogP contribution is -2.39. The van der Waals surface area contributed by atoms with E-state index in [2.05, 4.69) is 4.74 Å². The third-order valence-electron chi connectivity index (χ3n) is 1.66. The summed E-state index contributed by atoms with van der Waals surface area (Å²) in [4.78, 5) is 21.4. The fourth-order valence-corrected chi connectivity index (χ4v) is 2.19. The first-order chi connectivity index (χ1) is 7.33. The highest BCUT2D eigenvalue weighted by Crippen LogP contribution is 2.01. The molecule has 8 heteroatoms. The Morgan fingerprint density at radius 1 is 1.31 bits per heavy atom. The monoisotopic (exact) mass is 253 g/mol. The van der Waals surface area contributed by atoms with Gasteiger partial charge in [0, 0.05) is 6.54 Å². The van der Waals surface area contributed by atoms with Crippen molar-refractivity contribution in [2.24, 2.45) is 0 Å². The van der Waals surface area contributed by atoms with Gasteiger partial charge in [-0.25, -0.2) is 8.42 Å². The Balaban J connectivity index is 4.60. The fraction of sp³-hybridized carbons (Fsp3) is 0.750. The van der Waals surface area contributed by atoms with E-state index >= 15 is 0 Å². The standard InChI is InChI=1S/C8H15NO6S/c1-3-9(5-8(12)15-4-2)16(13,14)6-7(10)11/h3-6H2,1-2H3,(H,10,11). The second-order valence-corrected chi connectivity index (χ2v) is 4.85. The number of carboxylic acids is 1. The van der Waals surface area contributed by atoms with Gasteiger partial charge in [-0.15, -0.1) is 0 Å². The number of carbonyl (C=O) groups excluding carboxylic acids is 1. The molecule has 0 aromatic rings. The van der Waals surface area contributed by atoms with Crippen LogP contribution in [0.3, 0.4) is 0 Å². The SMILES string of the molecule is CCOC(=O)CN(CC)S(=O)(=O)CC(=O)O. The number of carboxylic acid groups (broad SMARTS) is 1. The van der Waals surface area contributed by atoms with Gasteiger partial charge in [0.2, 0.25) is 10.0 Å². The average Bonchev–Trinajstić information content (AvgIpc) is 2.12. The third-order valence-corrected chi connectivity index (χ3v) is 3.45. The molecule has 0 fully saturated rings. The molecule has 0 saturated heterocycles. The molecule has 0 atom stereocenters. The minimum Gasteiger partial charge on any atom is -0.480 e. The lowest BCUT2D eigenvalue weighted by Gasteiger charge is -2.17. The molecule has 0 amide bonds. The lowest BCUT2D eigenvalue weighted by molar-refractivity contribution is -0.143. The normalized spacial score (nSPS) is 11.4. The number of likely N-dealkylation sites (N-methyl/N-ethyl adjacent to an activating group) is 1. The molecule has 0 aliphatic heterocycles. The molecular weight excluding hydrogens is 238 g/mol. The Labute approximate surface area is 94.0 Å². The second kappa shape index (κ2) is 6.44. The number of hydrogen-bond acceptors (Lipinski definition) is 5. The van der Waals surface area contributed by atoms with Gasteiger partial charge in [0.05, 0.1) is 6.61 Å². The van der Waals surface area contributed by atoms with Crippen molar-refractivity contribution in [2.75, 3.05) is 25.4 Å². The smallest absolute Gasteiger partial charge is 0.321 e. The van der Waals surface area contributed by atoms with E-state index in [0.29, 0.717) is 0 Å². The Hall–Kier alpha value is -1.15. The molecule has 1 N–H and O–H groups in total. The van der Waals surface area contributed by atoms with Gasteiger partial charge in [0.15, 0.2) is 5.75 Å². The predicted molar refractivity (Wildman–Crippen MR) is 55.3 cm³/mol. The Bertz CT molecular complexity index is 350. The van der Waals surface area contributed by atoms with Crippen molar-refractivity contribution in [3.8, 4) is 0 Å². The molecule has 0 heterocycles. The van der Waals surface area contributed by atoms with Gasteiger partial charge < -0.3 is 9.84 Å². The van der Waals surface area contributed by atoms with Gasteiger partial charge >= 0.3 is 11.9 Å². The van der Waals surface area contributed by atoms with Gasteiger partial charge in [-0.05, 0) is 6.92 Å². The van der Waals surface area contributed by atoms with E-state index in [1.807, 2.05) is 0 Å². The highest BCUT2D eigenvalue weighted by Gasteiger charge is 2.26. The summed E-state index contributed by atoms with van der Waals surface area (Å²) >= 11 is 0. The maximum atomic E-state index is 11.4.